The molecule has 2 heterocycles. The van der Waals surface area contributed by atoms with Crippen molar-refractivity contribution in [2.45, 2.75) is 57.7 Å². The molecule has 0 radical (unpaired) electrons. The molecular formula is C23H33NO2. The summed E-state index contributed by atoms with van der Waals surface area (Å²) in [5, 5.41) is 11.3. The number of aliphatic hydroxyl groups is 1. The molecular weight excluding hydrogens is 322 g/mol. The quantitative estimate of drug-likeness (QED) is 0.398. The monoisotopic (exact) mass is 355 g/mol. The Kier molecular flexibility index (Phi) is 5.32. The molecule has 1 spiro atoms. The summed E-state index contributed by atoms with van der Waals surface area (Å²) in [6.45, 7) is 15.2. The number of aliphatic hydroxyl groups excluding tert-OH is 1. The maximum atomic E-state index is 11.3. The van der Waals surface area contributed by atoms with Crippen LogP contribution in [0.25, 0.3) is 0 Å². The van der Waals surface area contributed by atoms with Gasteiger partial charge < -0.3 is 9.84 Å². The summed E-state index contributed by atoms with van der Waals surface area (Å²) >= 11 is 0. The van der Waals surface area contributed by atoms with Gasteiger partial charge >= 0.3 is 0 Å². The van der Waals surface area contributed by atoms with Crippen LogP contribution in [0.15, 0.2) is 59.9 Å². The van der Waals surface area contributed by atoms with E-state index in [1.807, 2.05) is 6.08 Å². The van der Waals surface area contributed by atoms with Crippen LogP contribution in [0.2, 0.25) is 0 Å². The Hall–Kier alpha value is -1.58. The van der Waals surface area contributed by atoms with Crippen molar-refractivity contribution >= 4 is 0 Å². The minimum absolute atomic E-state index is 0.187. The highest BCUT2D eigenvalue weighted by Gasteiger charge is 2.76. The lowest BCUT2D eigenvalue weighted by atomic mass is 9.80. The molecule has 2 saturated heterocycles. The number of hydrogen-bond acceptors (Lipinski definition) is 3. The van der Waals surface area contributed by atoms with E-state index in [0.29, 0.717) is 11.5 Å². The predicted molar refractivity (Wildman–Crippen MR) is 108 cm³/mol. The highest BCUT2D eigenvalue weighted by Crippen LogP contribution is 2.70. The van der Waals surface area contributed by atoms with Gasteiger partial charge in [0.25, 0.3) is 0 Å². The van der Waals surface area contributed by atoms with Gasteiger partial charge in [0, 0.05) is 18.0 Å². The van der Waals surface area contributed by atoms with E-state index in [0.717, 1.165) is 42.2 Å². The molecule has 3 aliphatic rings. The molecule has 26 heavy (non-hydrogen) atoms. The maximum Gasteiger partial charge on any atom is 0.0958 e. The lowest BCUT2D eigenvalue weighted by Gasteiger charge is -2.51. The molecule has 3 rings (SSSR count). The van der Waals surface area contributed by atoms with Crippen LogP contribution in [-0.4, -0.2) is 41.3 Å². The van der Waals surface area contributed by atoms with Crippen LogP contribution < -0.4 is 0 Å². The number of methoxy groups -OCH3 is 1. The van der Waals surface area contributed by atoms with E-state index in [2.05, 4.69) is 51.0 Å². The molecule has 3 heteroatoms. The SMILES string of the molecule is C=CC=C(C(C=C(CC)OC)=C(C)C)C(O)C1CC23C(C=C)C2CCN13. The van der Waals surface area contributed by atoms with Crippen molar-refractivity contribution in [1.29, 1.82) is 0 Å². The van der Waals surface area contributed by atoms with E-state index in [1.54, 1.807) is 13.2 Å². The molecule has 0 aromatic heterocycles. The molecule has 1 aliphatic carbocycles. The normalized spacial score (nSPS) is 34.3. The van der Waals surface area contributed by atoms with Crippen molar-refractivity contribution < 1.29 is 9.84 Å². The standard InChI is InChI=1S/C23H33NO2/c1-7-10-17(18(15(4)5)13-16(8-2)26-6)22(25)21-14-23-19(9-3)20(23)11-12-24(21)23/h7,9-10,13,19-22,25H,1,3,8,11-12,14H2,2,4-6H3. The highest BCUT2D eigenvalue weighted by molar-refractivity contribution is 5.49. The zero-order chi connectivity index (χ0) is 19.1. The summed E-state index contributed by atoms with van der Waals surface area (Å²) in [5.74, 6) is 2.30. The first-order valence-corrected chi connectivity index (χ1v) is 9.78. The van der Waals surface area contributed by atoms with Crippen LogP contribution in [0.4, 0.5) is 0 Å². The molecule has 142 valence electrons. The fraction of sp³-hybridized carbons (Fsp3) is 0.565. The fourth-order valence-corrected chi connectivity index (χ4v) is 5.38. The van der Waals surface area contributed by atoms with Crippen molar-refractivity contribution in [3.63, 3.8) is 0 Å². The van der Waals surface area contributed by atoms with Gasteiger partial charge in [-0.1, -0.05) is 37.3 Å². The summed E-state index contributed by atoms with van der Waals surface area (Å²) < 4.78 is 5.48. The fourth-order valence-electron chi connectivity index (χ4n) is 5.38. The Morgan fingerprint density at radius 2 is 2.12 bits per heavy atom. The van der Waals surface area contributed by atoms with Crippen molar-refractivity contribution in [1.82, 2.24) is 4.90 Å². The first-order chi connectivity index (χ1) is 12.5. The van der Waals surface area contributed by atoms with Crippen LogP contribution >= 0.6 is 0 Å². The molecule has 3 nitrogen and oxygen atoms in total. The first-order valence-electron chi connectivity index (χ1n) is 9.78. The van der Waals surface area contributed by atoms with Crippen LogP contribution in [0.1, 0.15) is 40.0 Å². The predicted octanol–water partition coefficient (Wildman–Crippen LogP) is 4.39. The van der Waals surface area contributed by atoms with Gasteiger partial charge in [-0.3, -0.25) is 4.90 Å². The number of ether oxygens (including phenoxy) is 1. The van der Waals surface area contributed by atoms with E-state index < -0.39 is 6.10 Å². The minimum Gasteiger partial charge on any atom is -0.501 e. The van der Waals surface area contributed by atoms with E-state index in [-0.39, 0.29) is 6.04 Å². The summed E-state index contributed by atoms with van der Waals surface area (Å²) in [6.07, 6.45) is 10.5. The molecule has 2 aliphatic heterocycles. The van der Waals surface area contributed by atoms with Gasteiger partial charge in [0.1, 0.15) is 0 Å². The Bertz CT molecular complexity index is 676. The molecule has 5 atom stereocenters. The van der Waals surface area contributed by atoms with Gasteiger partial charge in [0.05, 0.1) is 19.0 Å². The van der Waals surface area contributed by atoms with Gasteiger partial charge in [-0.15, -0.1) is 6.58 Å². The number of rotatable bonds is 8. The lowest BCUT2D eigenvalue weighted by molar-refractivity contribution is -0.0507. The van der Waals surface area contributed by atoms with E-state index in [1.165, 1.54) is 12.0 Å². The van der Waals surface area contributed by atoms with Gasteiger partial charge in [0.15, 0.2) is 0 Å². The zero-order valence-electron chi connectivity index (χ0n) is 16.7. The average Bonchev–Trinajstić information content (AvgIpc) is 3.19. The third-order valence-corrected chi connectivity index (χ3v) is 6.70. The zero-order valence-corrected chi connectivity index (χ0v) is 16.7. The van der Waals surface area contributed by atoms with Gasteiger partial charge in [-0.2, -0.15) is 0 Å². The molecule has 0 aromatic carbocycles. The van der Waals surface area contributed by atoms with Crippen LogP contribution in [0.3, 0.4) is 0 Å². The summed E-state index contributed by atoms with van der Waals surface area (Å²) in [5.41, 5.74) is 3.49. The number of hydrogen-bond donors (Lipinski definition) is 1. The Morgan fingerprint density at radius 3 is 2.62 bits per heavy atom. The van der Waals surface area contributed by atoms with Crippen LogP contribution in [0.5, 0.6) is 0 Å². The van der Waals surface area contributed by atoms with Crippen molar-refractivity contribution in [2.24, 2.45) is 11.8 Å². The van der Waals surface area contributed by atoms with E-state index >= 15 is 0 Å². The smallest absolute Gasteiger partial charge is 0.0958 e. The van der Waals surface area contributed by atoms with Crippen LogP contribution in [0, 0.1) is 11.8 Å². The third kappa shape index (κ3) is 2.73. The minimum atomic E-state index is -0.514. The van der Waals surface area contributed by atoms with Crippen molar-refractivity contribution in [3.05, 3.63) is 59.9 Å². The van der Waals surface area contributed by atoms with E-state index in [4.69, 9.17) is 4.74 Å². The number of piperidine rings is 1. The molecule has 5 unspecified atom stereocenters. The summed E-state index contributed by atoms with van der Waals surface area (Å²) in [7, 11) is 1.70. The molecule has 1 saturated carbocycles. The molecule has 0 aromatic rings. The summed E-state index contributed by atoms with van der Waals surface area (Å²) in [4.78, 5) is 2.54. The van der Waals surface area contributed by atoms with Crippen LogP contribution in [-0.2, 0) is 4.74 Å². The second kappa shape index (κ2) is 7.21. The second-order valence-electron chi connectivity index (χ2n) is 8.00. The molecule has 0 bridgehead atoms. The Morgan fingerprint density at radius 1 is 1.38 bits per heavy atom. The average molecular weight is 356 g/mol. The second-order valence-corrected chi connectivity index (χ2v) is 8.00. The largest absolute Gasteiger partial charge is 0.501 e. The summed E-state index contributed by atoms with van der Waals surface area (Å²) in [6, 6.07) is 0.187. The first kappa shape index (κ1) is 19.2. The Balaban J connectivity index is 1.86. The lowest BCUT2D eigenvalue weighted by Crippen LogP contribution is -2.62. The maximum absolute atomic E-state index is 11.3. The number of nitrogens with zero attached hydrogens (tertiary/aromatic N) is 1. The molecule has 1 N–H and O–H groups in total. The van der Waals surface area contributed by atoms with Crippen molar-refractivity contribution in [2.75, 3.05) is 13.7 Å². The topological polar surface area (TPSA) is 32.7 Å². The van der Waals surface area contributed by atoms with E-state index in [9.17, 15) is 5.11 Å². The van der Waals surface area contributed by atoms with Gasteiger partial charge in [-0.05, 0) is 62.3 Å². The van der Waals surface area contributed by atoms with Gasteiger partial charge in [0.2, 0.25) is 0 Å². The molecule has 3 fully saturated rings. The van der Waals surface area contributed by atoms with Gasteiger partial charge in [-0.25, -0.2) is 0 Å². The Labute approximate surface area is 158 Å². The number of allylic oxidation sites excluding steroid dienone is 5. The highest BCUT2D eigenvalue weighted by atomic mass is 16.5. The molecule has 0 amide bonds. The van der Waals surface area contributed by atoms with Crippen molar-refractivity contribution in [3.8, 4) is 0 Å². The third-order valence-electron chi connectivity index (χ3n) is 6.70.